The van der Waals surface area contributed by atoms with Crippen molar-refractivity contribution in [3.63, 3.8) is 0 Å². The number of rotatable bonds is 3. The fraction of sp³-hybridized carbons (Fsp3) is 0.444. The summed E-state index contributed by atoms with van der Waals surface area (Å²) in [6.07, 6.45) is 4.24. The molecule has 2 atom stereocenters. The van der Waals surface area contributed by atoms with Gasteiger partial charge in [0.25, 0.3) is 5.91 Å². The van der Waals surface area contributed by atoms with Crippen molar-refractivity contribution < 1.29 is 4.79 Å². The summed E-state index contributed by atoms with van der Waals surface area (Å²) in [5, 5.41) is 13.8. The van der Waals surface area contributed by atoms with Crippen LogP contribution in [0, 0.1) is 0 Å². The van der Waals surface area contributed by atoms with Gasteiger partial charge in [0.2, 0.25) is 0 Å². The molecule has 0 spiro atoms. The molecule has 1 amide bonds. The van der Waals surface area contributed by atoms with Crippen LogP contribution in [0.15, 0.2) is 30.3 Å². The van der Waals surface area contributed by atoms with E-state index < -0.39 is 0 Å². The molecule has 1 saturated carbocycles. The van der Waals surface area contributed by atoms with Crippen LogP contribution in [-0.2, 0) is 13.0 Å². The molecule has 1 aromatic carbocycles. The van der Waals surface area contributed by atoms with Gasteiger partial charge in [0.15, 0.2) is 5.69 Å². The molecule has 2 aromatic rings. The first kappa shape index (κ1) is 17.0. The van der Waals surface area contributed by atoms with Gasteiger partial charge in [-0.25, -0.2) is 0 Å². The van der Waals surface area contributed by atoms with E-state index in [2.05, 4.69) is 45.1 Å². The van der Waals surface area contributed by atoms with E-state index in [1.807, 2.05) is 6.07 Å². The van der Waals surface area contributed by atoms with Crippen molar-refractivity contribution in [3.8, 4) is 0 Å². The van der Waals surface area contributed by atoms with Gasteiger partial charge in [-0.3, -0.25) is 9.89 Å². The van der Waals surface area contributed by atoms with E-state index in [9.17, 15) is 4.79 Å². The van der Waals surface area contributed by atoms with Crippen molar-refractivity contribution in [1.29, 1.82) is 0 Å². The fourth-order valence-electron chi connectivity index (χ4n) is 3.88. The Morgan fingerprint density at radius 1 is 1.21 bits per heavy atom. The van der Waals surface area contributed by atoms with E-state index >= 15 is 0 Å². The van der Waals surface area contributed by atoms with E-state index in [-0.39, 0.29) is 24.4 Å². The Labute approximate surface area is 148 Å². The molecule has 24 heavy (non-hydrogen) atoms. The topological polar surface area (TPSA) is 69.8 Å². The lowest BCUT2D eigenvalue weighted by molar-refractivity contribution is 0.0928. The molecule has 1 aliphatic heterocycles. The van der Waals surface area contributed by atoms with Crippen molar-refractivity contribution in [1.82, 2.24) is 20.8 Å². The second kappa shape index (κ2) is 7.36. The number of carbonyl (C=O) groups is 1. The van der Waals surface area contributed by atoms with Gasteiger partial charge in [0.05, 0.1) is 0 Å². The lowest BCUT2D eigenvalue weighted by Crippen LogP contribution is -2.37. The lowest BCUT2D eigenvalue weighted by atomic mass is 9.94. The number of carbonyl (C=O) groups excluding carboxylic acids is 1. The Balaban J connectivity index is 0.00000169. The summed E-state index contributed by atoms with van der Waals surface area (Å²) in [6.45, 7) is 1.66. The third-order valence-corrected chi connectivity index (χ3v) is 5.08. The molecule has 2 unspecified atom stereocenters. The number of aromatic nitrogens is 2. The number of hydrogen-bond donors (Lipinski definition) is 3. The molecule has 4 rings (SSSR count). The number of nitrogens with zero attached hydrogens (tertiary/aromatic N) is 1. The third kappa shape index (κ3) is 3.19. The van der Waals surface area contributed by atoms with E-state index in [0.29, 0.717) is 11.6 Å². The predicted molar refractivity (Wildman–Crippen MR) is 95.5 cm³/mol. The molecule has 0 bridgehead atoms. The standard InChI is InChI=1S/C18H22N4O.ClH/c23-18(17-14-11-19-10-9-16(14)21-22-17)20-15-8-4-7-13(15)12-5-2-1-3-6-12;/h1-3,5-6,13,15,19H,4,7-11H2,(H,20,23)(H,21,22);1H. The minimum Gasteiger partial charge on any atom is -0.347 e. The van der Waals surface area contributed by atoms with E-state index in [0.717, 1.165) is 50.0 Å². The van der Waals surface area contributed by atoms with Crippen molar-refractivity contribution in [2.45, 2.75) is 44.2 Å². The van der Waals surface area contributed by atoms with Crippen molar-refractivity contribution in [2.75, 3.05) is 6.54 Å². The van der Waals surface area contributed by atoms with Crippen molar-refractivity contribution in [3.05, 3.63) is 52.8 Å². The van der Waals surface area contributed by atoms with E-state index in [1.54, 1.807) is 0 Å². The van der Waals surface area contributed by atoms with Gasteiger partial charge < -0.3 is 10.6 Å². The molecule has 5 nitrogen and oxygen atoms in total. The number of fused-ring (bicyclic) bond motifs is 1. The van der Waals surface area contributed by atoms with Gasteiger partial charge in [-0.1, -0.05) is 36.8 Å². The number of benzene rings is 1. The number of halogens is 1. The summed E-state index contributed by atoms with van der Waals surface area (Å²) in [4.78, 5) is 12.7. The number of hydrogen-bond acceptors (Lipinski definition) is 3. The molecule has 0 radical (unpaired) electrons. The molecule has 6 heteroatoms. The van der Waals surface area contributed by atoms with Crippen LogP contribution < -0.4 is 10.6 Å². The Morgan fingerprint density at radius 3 is 2.88 bits per heavy atom. The molecule has 1 fully saturated rings. The average molecular weight is 347 g/mol. The molecule has 2 aliphatic rings. The van der Waals surface area contributed by atoms with Crippen molar-refractivity contribution >= 4 is 18.3 Å². The highest BCUT2D eigenvalue weighted by molar-refractivity contribution is 5.94. The van der Waals surface area contributed by atoms with Crippen LogP contribution in [0.4, 0.5) is 0 Å². The summed E-state index contributed by atoms with van der Waals surface area (Å²) in [6, 6.07) is 10.7. The molecule has 1 aromatic heterocycles. The largest absolute Gasteiger partial charge is 0.347 e. The summed E-state index contributed by atoms with van der Waals surface area (Å²) >= 11 is 0. The van der Waals surface area contributed by atoms with Crippen LogP contribution in [0.5, 0.6) is 0 Å². The van der Waals surface area contributed by atoms with Gasteiger partial charge in [0.1, 0.15) is 0 Å². The highest BCUT2D eigenvalue weighted by Crippen LogP contribution is 2.34. The molecule has 0 saturated heterocycles. The Morgan fingerprint density at radius 2 is 2.04 bits per heavy atom. The Hall–Kier alpha value is -1.85. The Bertz CT molecular complexity index is 700. The SMILES string of the molecule is Cl.O=C(NC1CCCC1c1ccccc1)c1n[nH]c2c1CNCC2. The van der Waals surface area contributed by atoms with Crippen LogP contribution in [-0.4, -0.2) is 28.7 Å². The van der Waals surface area contributed by atoms with E-state index in [4.69, 9.17) is 0 Å². The van der Waals surface area contributed by atoms with Crippen molar-refractivity contribution in [2.24, 2.45) is 0 Å². The zero-order chi connectivity index (χ0) is 15.6. The maximum Gasteiger partial charge on any atom is 0.272 e. The molecule has 1 aliphatic carbocycles. The normalized spacial score (nSPS) is 22.5. The third-order valence-electron chi connectivity index (χ3n) is 5.08. The molecular weight excluding hydrogens is 324 g/mol. The molecule has 2 heterocycles. The lowest BCUT2D eigenvalue weighted by Gasteiger charge is -2.21. The van der Waals surface area contributed by atoms with E-state index in [1.165, 1.54) is 5.56 Å². The van der Waals surface area contributed by atoms with Gasteiger partial charge in [-0.2, -0.15) is 5.10 Å². The fourth-order valence-corrected chi connectivity index (χ4v) is 3.88. The molecule has 128 valence electrons. The minimum absolute atomic E-state index is 0. The average Bonchev–Trinajstić information content (AvgIpc) is 3.22. The molecular formula is C18H23ClN4O. The number of nitrogens with one attached hydrogen (secondary N) is 3. The quantitative estimate of drug-likeness (QED) is 0.800. The maximum absolute atomic E-state index is 12.7. The minimum atomic E-state index is -0.0426. The summed E-state index contributed by atoms with van der Waals surface area (Å²) in [7, 11) is 0. The second-order valence-electron chi connectivity index (χ2n) is 6.48. The number of H-pyrrole nitrogens is 1. The van der Waals surface area contributed by atoms with Gasteiger partial charge in [-0.05, 0) is 18.4 Å². The smallest absolute Gasteiger partial charge is 0.272 e. The zero-order valence-corrected chi connectivity index (χ0v) is 14.4. The van der Waals surface area contributed by atoms with Gasteiger partial charge in [0, 0.05) is 42.7 Å². The Kier molecular flexibility index (Phi) is 5.21. The second-order valence-corrected chi connectivity index (χ2v) is 6.48. The highest BCUT2D eigenvalue weighted by Gasteiger charge is 2.31. The maximum atomic E-state index is 12.7. The van der Waals surface area contributed by atoms with Crippen LogP contribution in [0.25, 0.3) is 0 Å². The monoisotopic (exact) mass is 346 g/mol. The number of amides is 1. The first-order valence-corrected chi connectivity index (χ1v) is 8.45. The first-order chi connectivity index (χ1) is 11.3. The zero-order valence-electron chi connectivity index (χ0n) is 13.5. The van der Waals surface area contributed by atoms with Crippen LogP contribution >= 0.6 is 12.4 Å². The summed E-state index contributed by atoms with van der Waals surface area (Å²) in [5.74, 6) is 0.368. The highest BCUT2D eigenvalue weighted by atomic mass is 35.5. The van der Waals surface area contributed by atoms with Crippen LogP contribution in [0.1, 0.15) is 52.5 Å². The predicted octanol–water partition coefficient (Wildman–Crippen LogP) is 2.54. The summed E-state index contributed by atoms with van der Waals surface area (Å²) < 4.78 is 0. The molecule has 3 N–H and O–H groups in total. The summed E-state index contributed by atoms with van der Waals surface area (Å²) in [5.41, 5.74) is 4.01. The van der Waals surface area contributed by atoms with Crippen LogP contribution in [0.2, 0.25) is 0 Å². The van der Waals surface area contributed by atoms with Gasteiger partial charge >= 0.3 is 0 Å². The first-order valence-electron chi connectivity index (χ1n) is 8.45. The number of aromatic amines is 1. The van der Waals surface area contributed by atoms with Crippen LogP contribution in [0.3, 0.4) is 0 Å². The van der Waals surface area contributed by atoms with Gasteiger partial charge in [-0.15, -0.1) is 12.4 Å².